The van der Waals surface area contributed by atoms with Crippen molar-refractivity contribution in [1.29, 1.82) is 0 Å². The van der Waals surface area contributed by atoms with Crippen molar-refractivity contribution in [2.24, 2.45) is 0 Å². The van der Waals surface area contributed by atoms with Gasteiger partial charge in [-0.3, -0.25) is 4.72 Å². The van der Waals surface area contributed by atoms with Crippen molar-refractivity contribution in [2.75, 3.05) is 6.26 Å². The standard InChI is InChI=1S/C8H8BrNO2S3/c1-14-8(13)10-15(11,12)7-4-2-6(9)3-5-7/h2-5H,1H3,(H,10,13). The monoisotopic (exact) mass is 325 g/mol. The molecule has 0 fully saturated rings. The third-order valence-electron chi connectivity index (χ3n) is 1.53. The van der Waals surface area contributed by atoms with Crippen molar-refractivity contribution in [1.82, 2.24) is 4.72 Å². The van der Waals surface area contributed by atoms with Crippen LogP contribution in [0.1, 0.15) is 0 Å². The first-order valence-corrected chi connectivity index (χ1v) is 7.73. The first-order chi connectivity index (χ1) is 6.95. The van der Waals surface area contributed by atoms with Crippen LogP contribution in [0.15, 0.2) is 33.6 Å². The van der Waals surface area contributed by atoms with Gasteiger partial charge in [0.2, 0.25) is 0 Å². The van der Waals surface area contributed by atoms with Crippen LogP contribution in [0.4, 0.5) is 0 Å². The summed E-state index contributed by atoms with van der Waals surface area (Å²) in [5.74, 6) is 0. The van der Waals surface area contributed by atoms with Crippen molar-refractivity contribution in [3.63, 3.8) is 0 Å². The molecule has 1 N–H and O–H groups in total. The van der Waals surface area contributed by atoms with E-state index in [1.54, 1.807) is 18.4 Å². The van der Waals surface area contributed by atoms with E-state index < -0.39 is 10.0 Å². The van der Waals surface area contributed by atoms with Crippen molar-refractivity contribution in [3.05, 3.63) is 28.7 Å². The molecule has 0 saturated carbocycles. The summed E-state index contributed by atoms with van der Waals surface area (Å²) in [4.78, 5) is 0.196. The lowest BCUT2D eigenvalue weighted by Crippen LogP contribution is -2.26. The molecule has 0 amide bonds. The summed E-state index contributed by atoms with van der Waals surface area (Å²) >= 11 is 9.21. The highest BCUT2D eigenvalue weighted by Crippen LogP contribution is 2.15. The van der Waals surface area contributed by atoms with Crippen molar-refractivity contribution < 1.29 is 8.42 Å². The van der Waals surface area contributed by atoms with Crippen LogP contribution in [0, 0.1) is 0 Å². The molecule has 1 rings (SSSR count). The fourth-order valence-corrected chi connectivity index (χ4v) is 2.91. The minimum absolute atomic E-state index is 0.196. The Hall–Kier alpha value is -0.110. The Labute approximate surface area is 107 Å². The lowest BCUT2D eigenvalue weighted by Gasteiger charge is -2.06. The molecule has 0 aliphatic heterocycles. The molecule has 15 heavy (non-hydrogen) atoms. The maximum absolute atomic E-state index is 11.7. The lowest BCUT2D eigenvalue weighted by atomic mass is 10.4. The molecule has 0 unspecified atom stereocenters. The third kappa shape index (κ3) is 3.75. The number of hydrogen-bond acceptors (Lipinski definition) is 4. The van der Waals surface area contributed by atoms with Crippen LogP contribution in [0.25, 0.3) is 0 Å². The Morgan fingerprint density at radius 1 is 1.40 bits per heavy atom. The van der Waals surface area contributed by atoms with Gasteiger partial charge in [-0.05, 0) is 30.5 Å². The van der Waals surface area contributed by atoms with Crippen molar-refractivity contribution in [2.45, 2.75) is 4.90 Å². The Morgan fingerprint density at radius 2 is 1.93 bits per heavy atom. The van der Waals surface area contributed by atoms with E-state index in [0.29, 0.717) is 0 Å². The van der Waals surface area contributed by atoms with E-state index in [9.17, 15) is 8.42 Å². The van der Waals surface area contributed by atoms with Gasteiger partial charge in [-0.25, -0.2) is 8.42 Å². The van der Waals surface area contributed by atoms with E-state index in [0.717, 1.165) is 4.47 Å². The smallest absolute Gasteiger partial charge is 0.262 e. The number of halogens is 1. The molecule has 0 atom stereocenters. The third-order valence-corrected chi connectivity index (χ3v) is 4.75. The van der Waals surface area contributed by atoms with Crippen LogP contribution in [0.5, 0.6) is 0 Å². The average molecular weight is 326 g/mol. The van der Waals surface area contributed by atoms with Crippen molar-refractivity contribution in [3.8, 4) is 0 Å². The van der Waals surface area contributed by atoms with Crippen LogP contribution in [0.2, 0.25) is 0 Å². The van der Waals surface area contributed by atoms with Gasteiger partial charge < -0.3 is 0 Å². The molecule has 82 valence electrons. The normalized spacial score (nSPS) is 11.1. The highest BCUT2D eigenvalue weighted by Gasteiger charge is 2.14. The molecule has 0 aromatic heterocycles. The number of thioether (sulfide) groups is 1. The molecule has 0 heterocycles. The van der Waals surface area contributed by atoms with E-state index >= 15 is 0 Å². The zero-order valence-electron chi connectivity index (χ0n) is 7.73. The molecule has 0 spiro atoms. The lowest BCUT2D eigenvalue weighted by molar-refractivity contribution is 0.593. The zero-order chi connectivity index (χ0) is 11.5. The second-order valence-corrected chi connectivity index (χ2v) is 6.63. The van der Waals surface area contributed by atoms with E-state index in [1.807, 2.05) is 0 Å². The van der Waals surface area contributed by atoms with Crippen LogP contribution in [0.3, 0.4) is 0 Å². The molecule has 1 aromatic rings. The first kappa shape index (κ1) is 13.0. The SMILES string of the molecule is CSC(=S)NS(=O)(=O)c1ccc(Br)cc1. The Kier molecular flexibility index (Phi) is 4.57. The van der Waals surface area contributed by atoms with E-state index in [-0.39, 0.29) is 9.22 Å². The topological polar surface area (TPSA) is 46.2 Å². The second kappa shape index (κ2) is 5.29. The Balaban J connectivity index is 2.96. The van der Waals surface area contributed by atoms with Crippen LogP contribution in [-0.2, 0) is 10.0 Å². The molecular formula is C8H8BrNO2S3. The molecule has 0 aliphatic rings. The van der Waals surface area contributed by atoms with Gasteiger partial charge >= 0.3 is 0 Å². The van der Waals surface area contributed by atoms with Crippen LogP contribution >= 0.6 is 39.9 Å². The van der Waals surface area contributed by atoms with Crippen LogP contribution in [-0.4, -0.2) is 19.0 Å². The summed E-state index contributed by atoms with van der Waals surface area (Å²) in [6.45, 7) is 0. The summed E-state index contributed by atoms with van der Waals surface area (Å²) in [7, 11) is -3.52. The van der Waals surface area contributed by atoms with Gasteiger partial charge in [0.15, 0.2) is 0 Å². The van der Waals surface area contributed by atoms with Gasteiger partial charge in [0.1, 0.15) is 4.32 Å². The number of thiocarbonyl (C=S) groups is 1. The number of sulfonamides is 1. The summed E-state index contributed by atoms with van der Waals surface area (Å²) < 4.78 is 26.7. The Morgan fingerprint density at radius 3 is 2.40 bits per heavy atom. The Bertz CT molecular complexity index is 455. The maximum Gasteiger partial charge on any atom is 0.262 e. The van der Waals surface area contributed by atoms with E-state index in [4.69, 9.17) is 12.2 Å². The molecule has 0 radical (unpaired) electrons. The largest absolute Gasteiger partial charge is 0.264 e. The van der Waals surface area contributed by atoms with Gasteiger partial charge in [-0.1, -0.05) is 39.9 Å². The summed E-state index contributed by atoms with van der Waals surface area (Å²) in [6, 6.07) is 6.35. The number of hydrogen-bond donors (Lipinski definition) is 1. The minimum Gasteiger partial charge on any atom is -0.264 e. The molecule has 0 aliphatic carbocycles. The zero-order valence-corrected chi connectivity index (χ0v) is 11.8. The predicted molar refractivity (Wildman–Crippen MR) is 70.6 cm³/mol. The number of benzene rings is 1. The van der Waals surface area contributed by atoms with E-state index in [2.05, 4.69) is 20.7 Å². The molecule has 1 aromatic carbocycles. The van der Waals surface area contributed by atoms with Gasteiger partial charge in [0.05, 0.1) is 4.90 Å². The van der Waals surface area contributed by atoms with Gasteiger partial charge in [-0.15, -0.1) is 0 Å². The highest BCUT2D eigenvalue weighted by molar-refractivity contribution is 9.10. The second-order valence-electron chi connectivity index (χ2n) is 2.55. The molecule has 3 nitrogen and oxygen atoms in total. The quantitative estimate of drug-likeness (QED) is 0.848. The summed E-state index contributed by atoms with van der Waals surface area (Å²) in [5.41, 5.74) is 0. The number of nitrogens with one attached hydrogen (secondary N) is 1. The van der Waals surface area contributed by atoms with Gasteiger partial charge in [0.25, 0.3) is 10.0 Å². The highest BCUT2D eigenvalue weighted by atomic mass is 79.9. The van der Waals surface area contributed by atoms with Gasteiger partial charge in [-0.2, -0.15) is 0 Å². The first-order valence-electron chi connectivity index (χ1n) is 3.82. The molecule has 7 heteroatoms. The van der Waals surface area contributed by atoms with E-state index in [1.165, 1.54) is 23.9 Å². The van der Waals surface area contributed by atoms with Crippen molar-refractivity contribution >= 4 is 54.3 Å². The van der Waals surface area contributed by atoms with Gasteiger partial charge in [0, 0.05) is 4.47 Å². The molecule has 0 saturated heterocycles. The maximum atomic E-state index is 11.7. The minimum atomic E-state index is -3.52. The number of rotatable bonds is 2. The summed E-state index contributed by atoms with van der Waals surface area (Å²) in [5, 5.41) is 0. The predicted octanol–water partition coefficient (Wildman–Crippen LogP) is 2.38. The average Bonchev–Trinajstić information content (AvgIpc) is 2.17. The van der Waals surface area contributed by atoms with Crippen LogP contribution < -0.4 is 4.72 Å². The summed E-state index contributed by atoms with van der Waals surface area (Å²) in [6.07, 6.45) is 1.71. The molecular weight excluding hydrogens is 318 g/mol. The fourth-order valence-electron chi connectivity index (χ4n) is 0.824. The molecule has 0 bridgehead atoms. The fraction of sp³-hybridized carbons (Fsp3) is 0.125.